The van der Waals surface area contributed by atoms with Gasteiger partial charge in [-0.1, -0.05) is 41.6 Å². The van der Waals surface area contributed by atoms with Crippen molar-refractivity contribution >= 4 is 35.0 Å². The zero-order valence-corrected chi connectivity index (χ0v) is 16.4. The van der Waals surface area contributed by atoms with E-state index in [2.05, 4.69) is 20.5 Å². The Morgan fingerprint density at radius 3 is 2.78 bits per heavy atom. The molecule has 27 heavy (non-hydrogen) atoms. The van der Waals surface area contributed by atoms with Crippen LogP contribution < -0.4 is 10.1 Å². The molecule has 7 nitrogen and oxygen atoms in total. The van der Waals surface area contributed by atoms with Crippen molar-refractivity contribution in [3.8, 4) is 17.3 Å². The minimum Gasteiger partial charge on any atom is -0.481 e. The maximum Gasteiger partial charge on any atom is 0.234 e. The van der Waals surface area contributed by atoms with Gasteiger partial charge in [-0.25, -0.2) is 4.98 Å². The summed E-state index contributed by atoms with van der Waals surface area (Å²) in [4.78, 5) is 16.2. The van der Waals surface area contributed by atoms with E-state index in [1.165, 1.54) is 25.1 Å². The number of amides is 1. The summed E-state index contributed by atoms with van der Waals surface area (Å²) in [5.41, 5.74) is 1.44. The summed E-state index contributed by atoms with van der Waals surface area (Å²) in [6.45, 7) is 2.61. The van der Waals surface area contributed by atoms with E-state index in [1.54, 1.807) is 6.07 Å². The van der Waals surface area contributed by atoms with Gasteiger partial charge in [-0.3, -0.25) is 4.79 Å². The Morgan fingerprint density at radius 2 is 2.07 bits per heavy atom. The second kappa shape index (κ2) is 8.88. The third-order valence-corrected chi connectivity index (χ3v) is 4.97. The van der Waals surface area contributed by atoms with E-state index in [4.69, 9.17) is 16.3 Å². The molecule has 0 aliphatic rings. The average molecular weight is 404 g/mol. The van der Waals surface area contributed by atoms with Gasteiger partial charge in [0.15, 0.2) is 11.0 Å². The third-order valence-electron chi connectivity index (χ3n) is 3.70. The molecule has 3 rings (SSSR count). The van der Waals surface area contributed by atoms with E-state index >= 15 is 0 Å². The molecule has 0 spiro atoms. The monoisotopic (exact) mass is 403 g/mol. The lowest BCUT2D eigenvalue weighted by Crippen LogP contribution is -2.14. The molecule has 0 aliphatic carbocycles. The Bertz CT molecular complexity index is 933. The van der Waals surface area contributed by atoms with Crippen molar-refractivity contribution in [3.05, 3.63) is 47.6 Å². The highest BCUT2D eigenvalue weighted by Gasteiger charge is 2.18. The molecule has 0 saturated carbocycles. The van der Waals surface area contributed by atoms with Crippen LogP contribution in [0.3, 0.4) is 0 Å². The average Bonchev–Trinajstić information content (AvgIpc) is 3.10. The minimum atomic E-state index is -0.109. The molecule has 0 aliphatic heterocycles. The van der Waals surface area contributed by atoms with E-state index < -0.39 is 0 Å². The maximum absolute atomic E-state index is 12.2. The van der Waals surface area contributed by atoms with Crippen LogP contribution in [0.15, 0.2) is 47.8 Å². The third kappa shape index (κ3) is 4.58. The lowest BCUT2D eigenvalue weighted by atomic mass is 10.2. The van der Waals surface area contributed by atoms with Gasteiger partial charge in [-0.15, -0.1) is 10.2 Å². The van der Waals surface area contributed by atoms with Gasteiger partial charge >= 0.3 is 0 Å². The number of aromatic nitrogens is 4. The minimum absolute atomic E-state index is 0.109. The van der Waals surface area contributed by atoms with E-state index in [0.717, 1.165) is 5.69 Å². The van der Waals surface area contributed by atoms with Crippen molar-refractivity contribution in [2.45, 2.75) is 18.6 Å². The normalized spacial score (nSPS) is 10.6. The second-order valence-corrected chi connectivity index (χ2v) is 6.81. The van der Waals surface area contributed by atoms with Crippen LogP contribution in [0.2, 0.25) is 5.02 Å². The number of pyridine rings is 1. The molecule has 0 radical (unpaired) electrons. The van der Waals surface area contributed by atoms with Crippen LogP contribution in [-0.2, 0) is 11.3 Å². The summed E-state index contributed by atoms with van der Waals surface area (Å²) < 4.78 is 7.07. The molecule has 3 aromatic rings. The summed E-state index contributed by atoms with van der Waals surface area (Å²) in [5, 5.41) is 12.4. The van der Waals surface area contributed by atoms with Crippen molar-refractivity contribution in [2.24, 2.45) is 0 Å². The zero-order valence-electron chi connectivity index (χ0n) is 14.8. The Morgan fingerprint density at radius 1 is 1.30 bits per heavy atom. The summed E-state index contributed by atoms with van der Waals surface area (Å²) in [6, 6.07) is 11.0. The van der Waals surface area contributed by atoms with Crippen LogP contribution in [0.4, 0.5) is 5.69 Å². The molecule has 0 saturated heterocycles. The van der Waals surface area contributed by atoms with Crippen molar-refractivity contribution in [1.29, 1.82) is 0 Å². The van der Waals surface area contributed by atoms with Crippen molar-refractivity contribution in [2.75, 3.05) is 18.2 Å². The number of carbonyl (C=O) groups excluding carboxylic acids is 1. The van der Waals surface area contributed by atoms with Crippen molar-refractivity contribution < 1.29 is 9.53 Å². The molecule has 140 valence electrons. The van der Waals surface area contributed by atoms with Gasteiger partial charge in [-0.2, -0.15) is 0 Å². The van der Waals surface area contributed by atoms with Gasteiger partial charge in [0.2, 0.25) is 11.8 Å². The molecule has 2 heterocycles. The topological polar surface area (TPSA) is 81.9 Å². The number of hydrogen-bond acceptors (Lipinski definition) is 6. The standard InChI is InChI=1S/C18H18ClN5O2S/c1-3-24-17(13-9-16(26-2)20-10-14(13)19)22-23-18(24)27-11-15(25)21-12-7-5-4-6-8-12/h4-10H,3,11H2,1-2H3,(H,21,25). The molecule has 1 aromatic carbocycles. The van der Waals surface area contributed by atoms with Gasteiger partial charge in [0.25, 0.3) is 0 Å². The van der Waals surface area contributed by atoms with E-state index in [9.17, 15) is 4.79 Å². The number of thioether (sulfide) groups is 1. The number of rotatable bonds is 7. The fraction of sp³-hybridized carbons (Fsp3) is 0.222. The fourth-order valence-electron chi connectivity index (χ4n) is 2.43. The van der Waals surface area contributed by atoms with Crippen LogP contribution in [0.5, 0.6) is 5.88 Å². The molecule has 0 bridgehead atoms. The highest BCUT2D eigenvalue weighted by atomic mass is 35.5. The summed E-state index contributed by atoms with van der Waals surface area (Å²) in [6.07, 6.45) is 1.52. The van der Waals surface area contributed by atoms with Gasteiger partial charge in [-0.05, 0) is 19.1 Å². The zero-order chi connectivity index (χ0) is 19.2. The number of ether oxygens (including phenoxy) is 1. The number of halogens is 1. The lowest BCUT2D eigenvalue weighted by Gasteiger charge is -2.09. The molecule has 1 N–H and O–H groups in total. The van der Waals surface area contributed by atoms with Crippen LogP contribution in [-0.4, -0.2) is 38.5 Å². The first-order valence-electron chi connectivity index (χ1n) is 8.23. The molecule has 2 aromatic heterocycles. The summed E-state index contributed by atoms with van der Waals surface area (Å²) in [7, 11) is 1.54. The largest absolute Gasteiger partial charge is 0.481 e. The van der Waals surface area contributed by atoms with E-state index in [-0.39, 0.29) is 11.7 Å². The smallest absolute Gasteiger partial charge is 0.234 e. The molecular formula is C18H18ClN5O2S. The first-order chi connectivity index (χ1) is 13.1. The number of benzene rings is 1. The predicted molar refractivity (Wildman–Crippen MR) is 106 cm³/mol. The molecule has 0 unspecified atom stereocenters. The number of methoxy groups -OCH3 is 1. The Kier molecular flexibility index (Phi) is 6.31. The van der Waals surface area contributed by atoms with Gasteiger partial charge in [0.05, 0.1) is 24.1 Å². The maximum atomic E-state index is 12.2. The summed E-state index contributed by atoms with van der Waals surface area (Å²) in [5.74, 6) is 1.16. The number of hydrogen-bond donors (Lipinski definition) is 1. The Hall–Kier alpha value is -2.58. The Balaban J connectivity index is 1.75. The number of anilines is 1. The highest BCUT2D eigenvalue weighted by molar-refractivity contribution is 7.99. The summed E-state index contributed by atoms with van der Waals surface area (Å²) >= 11 is 7.59. The second-order valence-electron chi connectivity index (χ2n) is 5.46. The number of para-hydroxylation sites is 1. The van der Waals surface area contributed by atoms with Crippen molar-refractivity contribution in [1.82, 2.24) is 19.7 Å². The van der Waals surface area contributed by atoms with Crippen LogP contribution >= 0.6 is 23.4 Å². The lowest BCUT2D eigenvalue weighted by molar-refractivity contribution is -0.113. The molecule has 9 heteroatoms. The first kappa shape index (κ1) is 19.2. The van der Waals surface area contributed by atoms with Gasteiger partial charge < -0.3 is 14.6 Å². The first-order valence-corrected chi connectivity index (χ1v) is 9.59. The van der Waals surface area contributed by atoms with Crippen molar-refractivity contribution in [3.63, 3.8) is 0 Å². The fourth-order valence-corrected chi connectivity index (χ4v) is 3.42. The van der Waals surface area contributed by atoms with Crippen LogP contribution in [0.25, 0.3) is 11.4 Å². The molecule has 0 atom stereocenters. The van der Waals surface area contributed by atoms with E-state index in [0.29, 0.717) is 34.0 Å². The quantitative estimate of drug-likeness (QED) is 0.605. The van der Waals surface area contributed by atoms with Crippen LogP contribution in [0.1, 0.15) is 6.92 Å². The van der Waals surface area contributed by atoms with Gasteiger partial charge in [0, 0.05) is 23.9 Å². The van der Waals surface area contributed by atoms with Gasteiger partial charge in [0.1, 0.15) is 0 Å². The highest BCUT2D eigenvalue weighted by Crippen LogP contribution is 2.31. The van der Waals surface area contributed by atoms with Crippen LogP contribution in [0, 0.1) is 0 Å². The molecule has 0 fully saturated rings. The molecule has 1 amide bonds. The Labute approximate surface area is 166 Å². The number of nitrogens with one attached hydrogen (secondary N) is 1. The predicted octanol–water partition coefficient (Wildman–Crippen LogP) is 3.75. The van der Waals surface area contributed by atoms with E-state index in [1.807, 2.05) is 41.8 Å². The molecular weight excluding hydrogens is 386 g/mol. The number of carbonyl (C=O) groups is 1. The number of nitrogens with zero attached hydrogens (tertiary/aromatic N) is 4. The SMILES string of the molecule is CCn1c(SCC(=O)Nc2ccccc2)nnc1-c1cc(OC)ncc1Cl.